The largest absolute Gasteiger partial charge is 0.412 e. The van der Waals surface area contributed by atoms with Crippen LogP contribution in [0.2, 0.25) is 0 Å². The molecule has 10 N–H and O–H groups in total. The number of nitrogens with one attached hydrogen (secondary N) is 1. The summed E-state index contributed by atoms with van der Waals surface area (Å²) >= 11 is 0. The van der Waals surface area contributed by atoms with E-state index in [-0.39, 0.29) is 28.2 Å². The van der Waals surface area contributed by atoms with Crippen LogP contribution in [-0.4, -0.2) is 44.0 Å². The van der Waals surface area contributed by atoms with Gasteiger partial charge in [0, 0.05) is 0 Å². The fraction of sp³-hybridized carbons (Fsp3) is 0.600. The molecule has 0 unspecified atom stereocenters. The third-order valence-electron chi connectivity index (χ3n) is 1.55. The number of nitrogens with two attached hydrogens (primary N) is 1. The van der Waals surface area contributed by atoms with Crippen LogP contribution in [0.5, 0.6) is 0 Å². The summed E-state index contributed by atoms with van der Waals surface area (Å²) in [5, 5.41) is 17.2. The van der Waals surface area contributed by atoms with Crippen LogP contribution in [0.3, 0.4) is 0 Å². The van der Waals surface area contributed by atoms with Gasteiger partial charge >= 0.3 is 0 Å². The van der Waals surface area contributed by atoms with E-state index in [1.807, 2.05) is 0 Å². The summed E-state index contributed by atoms with van der Waals surface area (Å²) in [4.78, 5) is 3.58. The lowest BCUT2D eigenvalue weighted by Gasteiger charge is -2.25. The number of nitrogens with zero attached hydrogens (tertiary/aromatic N) is 2. The first-order valence-corrected chi connectivity index (χ1v) is 2.88. The highest BCUT2D eigenvalue weighted by Gasteiger charge is 2.38. The van der Waals surface area contributed by atoms with Crippen LogP contribution in [0.15, 0.2) is 4.99 Å². The lowest BCUT2D eigenvalue weighted by Crippen LogP contribution is -2.46. The second-order valence-corrected chi connectivity index (χ2v) is 2.69. The lowest BCUT2D eigenvalue weighted by atomic mass is 10.1. The van der Waals surface area contributed by atoms with Gasteiger partial charge in [0.05, 0.1) is 0 Å². The van der Waals surface area contributed by atoms with Crippen LogP contribution in [0.4, 0.5) is 0 Å². The maximum Gasteiger partial charge on any atom is 0.223 e. The number of amidine groups is 1. The molecule has 1 heterocycles. The first kappa shape index (κ1) is 17.8. The molecule has 1 aliphatic rings. The van der Waals surface area contributed by atoms with E-state index >= 15 is 0 Å². The predicted molar refractivity (Wildman–Crippen MR) is 47.9 cm³/mol. The zero-order valence-corrected chi connectivity index (χ0v) is 7.42. The third kappa shape index (κ3) is 2.36. The highest BCUT2D eigenvalue weighted by Crippen LogP contribution is 2.19. The topological polar surface area (TPSA) is 180 Å². The first-order valence-electron chi connectivity index (χ1n) is 2.88. The van der Waals surface area contributed by atoms with Crippen LogP contribution in [0, 0.1) is 5.41 Å². The molecule has 0 bridgehead atoms. The number of rotatable bonds is 0. The van der Waals surface area contributed by atoms with Crippen molar-refractivity contribution in [2.45, 2.75) is 19.4 Å². The summed E-state index contributed by atoms with van der Waals surface area (Å²) in [6.45, 7) is 3.33. The van der Waals surface area contributed by atoms with Crippen molar-refractivity contribution in [3.63, 3.8) is 0 Å². The van der Waals surface area contributed by atoms with E-state index < -0.39 is 5.54 Å². The normalized spacial score (nSPS) is 17.9. The van der Waals surface area contributed by atoms with Crippen molar-refractivity contribution in [2.75, 3.05) is 0 Å². The van der Waals surface area contributed by atoms with Crippen LogP contribution in [0.25, 0.3) is 0 Å². The van der Waals surface area contributed by atoms with E-state index in [0.717, 1.165) is 5.06 Å². The van der Waals surface area contributed by atoms with Gasteiger partial charge in [-0.25, -0.2) is 5.06 Å². The zero-order chi connectivity index (χ0) is 7.94. The predicted octanol–water partition coefficient (Wildman–Crippen LogP) is -2.71. The average Bonchev–Trinajstić information content (AvgIpc) is 1.97. The van der Waals surface area contributed by atoms with Gasteiger partial charge < -0.3 is 22.2 Å². The minimum absolute atomic E-state index is 0. The molecule has 0 radical (unpaired) electrons. The molecule has 80 valence electrons. The quantitative estimate of drug-likeness (QED) is 0.381. The summed E-state index contributed by atoms with van der Waals surface area (Å²) in [7, 11) is 0. The Morgan fingerprint density at radius 1 is 1.38 bits per heavy atom. The maximum atomic E-state index is 9.13. The molecule has 0 atom stereocenters. The van der Waals surface area contributed by atoms with Crippen molar-refractivity contribution < 1.29 is 21.6 Å². The highest BCUT2D eigenvalue weighted by molar-refractivity contribution is 6.05. The second kappa shape index (κ2) is 4.72. The van der Waals surface area contributed by atoms with E-state index in [1.165, 1.54) is 0 Å². The fourth-order valence-corrected chi connectivity index (χ4v) is 0.685. The van der Waals surface area contributed by atoms with Crippen LogP contribution < -0.4 is 5.73 Å². The van der Waals surface area contributed by atoms with Gasteiger partial charge in [0.15, 0.2) is 5.84 Å². The molecule has 1 aliphatic heterocycles. The molecule has 1 rings (SSSR count). The molecule has 0 amide bonds. The molecule has 0 fully saturated rings. The first-order chi connectivity index (χ1) is 4.46. The number of hydrogen-bond acceptors (Lipinski definition) is 4. The molecule has 0 aromatic heterocycles. The fourth-order valence-electron chi connectivity index (χ4n) is 0.685. The minimum Gasteiger partial charge on any atom is -0.412 e. The van der Waals surface area contributed by atoms with Gasteiger partial charge in [0.2, 0.25) is 5.96 Å². The van der Waals surface area contributed by atoms with Gasteiger partial charge in [-0.15, -0.1) is 0 Å². The standard InChI is InChI=1S/C5H10N4O.3H2O/c1-5(2)3(6)8-4(7)9(5)10;;;/h10H,1-2H3,(H3,6,7,8);3*1H2. The molecular weight excluding hydrogens is 180 g/mol. The van der Waals surface area contributed by atoms with Crippen molar-refractivity contribution >= 4 is 11.8 Å². The van der Waals surface area contributed by atoms with Gasteiger partial charge in [-0.05, 0) is 13.8 Å². The van der Waals surface area contributed by atoms with Crippen molar-refractivity contribution in [2.24, 2.45) is 10.7 Å². The van der Waals surface area contributed by atoms with Crippen molar-refractivity contribution in [3.05, 3.63) is 0 Å². The summed E-state index contributed by atoms with van der Waals surface area (Å²) in [6, 6.07) is 0. The molecule has 0 saturated heterocycles. The summed E-state index contributed by atoms with van der Waals surface area (Å²) in [5.74, 6) is 0.0579. The molecule has 0 aromatic rings. The van der Waals surface area contributed by atoms with E-state index in [0.29, 0.717) is 0 Å². The number of aliphatic imine (C=N–C) groups is 1. The van der Waals surface area contributed by atoms with E-state index in [4.69, 9.17) is 16.4 Å². The average molecular weight is 196 g/mol. The van der Waals surface area contributed by atoms with Crippen LogP contribution >= 0.6 is 0 Å². The Balaban J connectivity index is -0.000000333. The maximum absolute atomic E-state index is 9.13. The van der Waals surface area contributed by atoms with Crippen molar-refractivity contribution in [3.8, 4) is 0 Å². The van der Waals surface area contributed by atoms with Gasteiger partial charge in [0.25, 0.3) is 0 Å². The van der Waals surface area contributed by atoms with E-state index in [2.05, 4.69) is 4.99 Å². The summed E-state index contributed by atoms with van der Waals surface area (Å²) < 4.78 is 0. The molecule has 8 nitrogen and oxygen atoms in total. The zero-order valence-electron chi connectivity index (χ0n) is 7.42. The van der Waals surface area contributed by atoms with Gasteiger partial charge in [-0.2, -0.15) is 4.99 Å². The monoisotopic (exact) mass is 196 g/mol. The summed E-state index contributed by atoms with van der Waals surface area (Å²) in [6.07, 6.45) is 0. The van der Waals surface area contributed by atoms with Crippen LogP contribution in [-0.2, 0) is 0 Å². The number of hydroxylamine groups is 2. The SMILES string of the molecule is CC1(C)C(=N)N=C(N)N1O.O.O.O. The highest BCUT2D eigenvalue weighted by atomic mass is 16.5. The van der Waals surface area contributed by atoms with Gasteiger partial charge in [0.1, 0.15) is 5.54 Å². The molecule has 13 heavy (non-hydrogen) atoms. The van der Waals surface area contributed by atoms with Gasteiger partial charge in [-0.1, -0.05) is 0 Å². The minimum atomic E-state index is -0.774. The summed E-state index contributed by atoms with van der Waals surface area (Å²) in [5.41, 5.74) is 4.46. The van der Waals surface area contributed by atoms with Gasteiger partial charge in [-0.3, -0.25) is 10.6 Å². The Kier molecular flexibility index (Phi) is 6.45. The number of guanidine groups is 1. The molecule has 8 heteroatoms. The third-order valence-corrected chi connectivity index (χ3v) is 1.55. The Bertz CT molecular complexity index is 215. The lowest BCUT2D eigenvalue weighted by molar-refractivity contribution is -0.0607. The van der Waals surface area contributed by atoms with Crippen molar-refractivity contribution in [1.29, 1.82) is 5.41 Å². The Morgan fingerprint density at radius 3 is 1.85 bits per heavy atom. The molecule has 0 spiro atoms. The van der Waals surface area contributed by atoms with Crippen molar-refractivity contribution in [1.82, 2.24) is 5.06 Å². The Labute approximate surface area is 75.1 Å². The van der Waals surface area contributed by atoms with E-state index in [1.54, 1.807) is 13.8 Å². The molecule has 0 saturated carbocycles. The Hall–Kier alpha value is -1.22. The smallest absolute Gasteiger partial charge is 0.223 e. The molecule has 0 aliphatic carbocycles. The second-order valence-electron chi connectivity index (χ2n) is 2.69. The molecular formula is C5H16N4O4. The van der Waals surface area contributed by atoms with Crippen LogP contribution in [0.1, 0.15) is 13.8 Å². The molecule has 0 aromatic carbocycles. The Morgan fingerprint density at radius 2 is 1.77 bits per heavy atom. The van der Waals surface area contributed by atoms with E-state index in [9.17, 15) is 0 Å². The number of hydrogen-bond donors (Lipinski definition) is 3.